The lowest BCUT2D eigenvalue weighted by Crippen LogP contribution is -2.34. The van der Waals surface area contributed by atoms with Gasteiger partial charge in [0.2, 0.25) is 0 Å². The number of aliphatic carboxylic acids is 1. The first kappa shape index (κ1) is 11.5. The average molecular weight is 211 g/mol. The molecule has 0 fully saturated rings. The van der Waals surface area contributed by atoms with Crippen molar-refractivity contribution in [3.8, 4) is 0 Å². The number of nitrogens with one attached hydrogen (secondary N) is 1. The third kappa shape index (κ3) is 3.23. The highest BCUT2D eigenvalue weighted by molar-refractivity contribution is 5.77. The second kappa shape index (κ2) is 4.77. The summed E-state index contributed by atoms with van der Waals surface area (Å²) < 4.78 is 12.6. The van der Waals surface area contributed by atoms with Crippen molar-refractivity contribution in [1.82, 2.24) is 0 Å². The molecular formula is C11H14FNO2. The predicted octanol–water partition coefficient (Wildman–Crippen LogP) is 2.35. The van der Waals surface area contributed by atoms with Crippen LogP contribution in [0.15, 0.2) is 24.3 Å². The van der Waals surface area contributed by atoms with Crippen molar-refractivity contribution in [3.63, 3.8) is 0 Å². The van der Waals surface area contributed by atoms with Gasteiger partial charge < -0.3 is 10.4 Å². The molecule has 0 saturated heterocycles. The smallest absolute Gasteiger partial charge is 0.326 e. The molecule has 0 aliphatic heterocycles. The SMILES string of the molecule is CC(C)C(Nc1ccc(F)cc1)C(=O)O. The van der Waals surface area contributed by atoms with Crippen LogP contribution in [0, 0.1) is 11.7 Å². The molecular weight excluding hydrogens is 197 g/mol. The fraction of sp³-hybridized carbons (Fsp3) is 0.364. The third-order valence-corrected chi connectivity index (χ3v) is 2.10. The van der Waals surface area contributed by atoms with E-state index < -0.39 is 12.0 Å². The summed E-state index contributed by atoms with van der Waals surface area (Å²) in [5.41, 5.74) is 0.609. The molecule has 0 spiro atoms. The predicted molar refractivity (Wildman–Crippen MR) is 56.3 cm³/mol. The van der Waals surface area contributed by atoms with Crippen molar-refractivity contribution in [3.05, 3.63) is 30.1 Å². The lowest BCUT2D eigenvalue weighted by atomic mass is 10.0. The summed E-state index contributed by atoms with van der Waals surface area (Å²) in [5, 5.41) is 11.8. The van der Waals surface area contributed by atoms with Gasteiger partial charge in [-0.25, -0.2) is 9.18 Å². The van der Waals surface area contributed by atoms with Gasteiger partial charge in [-0.15, -0.1) is 0 Å². The number of carboxylic acids is 1. The highest BCUT2D eigenvalue weighted by Gasteiger charge is 2.20. The number of hydrogen-bond donors (Lipinski definition) is 2. The van der Waals surface area contributed by atoms with Gasteiger partial charge in [-0.05, 0) is 30.2 Å². The van der Waals surface area contributed by atoms with Gasteiger partial charge in [0, 0.05) is 5.69 Å². The van der Waals surface area contributed by atoms with Crippen molar-refractivity contribution in [2.75, 3.05) is 5.32 Å². The Hall–Kier alpha value is -1.58. The fourth-order valence-electron chi connectivity index (χ4n) is 1.24. The zero-order valence-electron chi connectivity index (χ0n) is 8.70. The van der Waals surface area contributed by atoms with Crippen LogP contribution in [-0.2, 0) is 4.79 Å². The van der Waals surface area contributed by atoms with Crippen molar-refractivity contribution < 1.29 is 14.3 Å². The molecule has 0 aromatic heterocycles. The Morgan fingerprint density at radius 3 is 2.27 bits per heavy atom. The van der Waals surface area contributed by atoms with Crippen molar-refractivity contribution in [2.24, 2.45) is 5.92 Å². The van der Waals surface area contributed by atoms with E-state index in [1.54, 1.807) is 0 Å². The van der Waals surface area contributed by atoms with E-state index >= 15 is 0 Å². The Labute approximate surface area is 87.9 Å². The zero-order chi connectivity index (χ0) is 11.4. The average Bonchev–Trinajstić information content (AvgIpc) is 2.15. The molecule has 0 aliphatic rings. The number of carbonyl (C=O) groups is 1. The number of carboxylic acid groups (broad SMARTS) is 1. The van der Waals surface area contributed by atoms with E-state index in [0.29, 0.717) is 5.69 Å². The van der Waals surface area contributed by atoms with Gasteiger partial charge in [0.25, 0.3) is 0 Å². The molecule has 1 rings (SSSR count). The van der Waals surface area contributed by atoms with Crippen LogP contribution in [-0.4, -0.2) is 17.1 Å². The number of hydrogen-bond acceptors (Lipinski definition) is 2. The van der Waals surface area contributed by atoms with Crippen LogP contribution < -0.4 is 5.32 Å². The Morgan fingerprint density at radius 2 is 1.87 bits per heavy atom. The molecule has 0 amide bonds. The maximum absolute atomic E-state index is 12.6. The maximum Gasteiger partial charge on any atom is 0.326 e. The summed E-state index contributed by atoms with van der Waals surface area (Å²) >= 11 is 0. The Balaban J connectivity index is 2.74. The quantitative estimate of drug-likeness (QED) is 0.803. The lowest BCUT2D eigenvalue weighted by molar-refractivity contribution is -0.138. The molecule has 1 aromatic rings. The second-order valence-electron chi connectivity index (χ2n) is 3.71. The second-order valence-corrected chi connectivity index (χ2v) is 3.71. The van der Waals surface area contributed by atoms with E-state index in [1.807, 2.05) is 13.8 Å². The van der Waals surface area contributed by atoms with Gasteiger partial charge in [-0.2, -0.15) is 0 Å². The van der Waals surface area contributed by atoms with Crippen molar-refractivity contribution >= 4 is 11.7 Å². The Bertz CT molecular complexity index is 335. The first-order valence-electron chi connectivity index (χ1n) is 4.75. The largest absolute Gasteiger partial charge is 0.480 e. The minimum atomic E-state index is -0.908. The number of rotatable bonds is 4. The van der Waals surface area contributed by atoms with Crippen LogP contribution in [0.3, 0.4) is 0 Å². The summed E-state index contributed by atoms with van der Waals surface area (Å²) in [7, 11) is 0. The van der Waals surface area contributed by atoms with Gasteiger partial charge >= 0.3 is 5.97 Å². The summed E-state index contributed by atoms with van der Waals surface area (Å²) in [4.78, 5) is 10.9. The van der Waals surface area contributed by atoms with E-state index in [0.717, 1.165) is 0 Å². The van der Waals surface area contributed by atoms with E-state index in [1.165, 1.54) is 24.3 Å². The summed E-state index contributed by atoms with van der Waals surface area (Å²) in [6.45, 7) is 3.63. The maximum atomic E-state index is 12.6. The fourth-order valence-corrected chi connectivity index (χ4v) is 1.24. The lowest BCUT2D eigenvalue weighted by Gasteiger charge is -2.18. The highest BCUT2D eigenvalue weighted by atomic mass is 19.1. The van der Waals surface area contributed by atoms with Crippen LogP contribution in [0.5, 0.6) is 0 Å². The van der Waals surface area contributed by atoms with Crippen molar-refractivity contribution in [1.29, 1.82) is 0 Å². The minimum absolute atomic E-state index is 0.0347. The Kier molecular flexibility index (Phi) is 3.66. The number of anilines is 1. The van der Waals surface area contributed by atoms with Crippen LogP contribution in [0.1, 0.15) is 13.8 Å². The first-order chi connectivity index (χ1) is 7.00. The molecule has 2 N–H and O–H groups in total. The molecule has 0 heterocycles. The minimum Gasteiger partial charge on any atom is -0.480 e. The van der Waals surface area contributed by atoms with Gasteiger partial charge in [0.1, 0.15) is 11.9 Å². The highest BCUT2D eigenvalue weighted by Crippen LogP contribution is 2.13. The third-order valence-electron chi connectivity index (χ3n) is 2.10. The number of halogens is 1. The Morgan fingerprint density at radius 1 is 1.33 bits per heavy atom. The van der Waals surface area contributed by atoms with Gasteiger partial charge in [-0.1, -0.05) is 13.8 Å². The van der Waals surface area contributed by atoms with E-state index in [2.05, 4.69) is 5.32 Å². The van der Waals surface area contributed by atoms with Crippen molar-refractivity contribution in [2.45, 2.75) is 19.9 Å². The van der Waals surface area contributed by atoms with Crippen LogP contribution in [0.4, 0.5) is 10.1 Å². The molecule has 3 nitrogen and oxygen atoms in total. The summed E-state index contributed by atoms with van der Waals surface area (Å²) in [5.74, 6) is -1.28. The van der Waals surface area contributed by atoms with E-state index in [9.17, 15) is 9.18 Å². The standard InChI is InChI=1S/C11H14FNO2/c1-7(2)10(11(14)15)13-9-5-3-8(12)4-6-9/h3-7,10,13H,1-2H3,(H,14,15). The molecule has 1 atom stereocenters. The molecule has 0 bridgehead atoms. The molecule has 15 heavy (non-hydrogen) atoms. The van der Waals surface area contributed by atoms with E-state index in [4.69, 9.17) is 5.11 Å². The molecule has 0 saturated carbocycles. The first-order valence-corrected chi connectivity index (χ1v) is 4.75. The molecule has 1 aromatic carbocycles. The van der Waals surface area contributed by atoms with Gasteiger partial charge in [0.15, 0.2) is 0 Å². The monoisotopic (exact) mass is 211 g/mol. The topological polar surface area (TPSA) is 49.3 Å². The van der Waals surface area contributed by atoms with Crippen LogP contribution in [0.2, 0.25) is 0 Å². The molecule has 0 aliphatic carbocycles. The molecule has 1 unspecified atom stereocenters. The zero-order valence-corrected chi connectivity index (χ0v) is 8.70. The van der Waals surface area contributed by atoms with Gasteiger partial charge in [-0.3, -0.25) is 0 Å². The van der Waals surface area contributed by atoms with Crippen LogP contribution in [0.25, 0.3) is 0 Å². The number of benzene rings is 1. The van der Waals surface area contributed by atoms with E-state index in [-0.39, 0.29) is 11.7 Å². The molecule has 82 valence electrons. The molecule has 0 radical (unpaired) electrons. The molecule has 4 heteroatoms. The van der Waals surface area contributed by atoms with Crippen LogP contribution >= 0.6 is 0 Å². The summed E-state index contributed by atoms with van der Waals surface area (Å²) in [6, 6.07) is 4.97. The van der Waals surface area contributed by atoms with Gasteiger partial charge in [0.05, 0.1) is 0 Å². The normalized spacial score (nSPS) is 12.5. The summed E-state index contributed by atoms with van der Waals surface area (Å²) in [6.07, 6.45) is 0.